The van der Waals surface area contributed by atoms with E-state index in [2.05, 4.69) is 26.0 Å². The van der Waals surface area contributed by atoms with Crippen molar-refractivity contribution in [2.45, 2.75) is 50.6 Å². The van der Waals surface area contributed by atoms with Gasteiger partial charge in [-0.05, 0) is 43.5 Å². The van der Waals surface area contributed by atoms with Crippen LogP contribution in [0.15, 0.2) is 24.4 Å². The van der Waals surface area contributed by atoms with Crippen LogP contribution in [0, 0.1) is 24.1 Å². The number of aromatic amines is 1. The van der Waals surface area contributed by atoms with Crippen molar-refractivity contribution in [3.8, 4) is 6.07 Å². The summed E-state index contributed by atoms with van der Waals surface area (Å²) in [6.07, 6.45) is 0.825. The van der Waals surface area contributed by atoms with E-state index in [1.54, 1.807) is 10.6 Å². The largest absolute Gasteiger partial charge is 0.340 e. The second kappa shape index (κ2) is 8.58. The number of nitriles is 1. The van der Waals surface area contributed by atoms with Crippen LogP contribution in [0.1, 0.15) is 62.6 Å². The van der Waals surface area contributed by atoms with E-state index >= 15 is 0 Å². The van der Waals surface area contributed by atoms with Gasteiger partial charge in [-0.2, -0.15) is 20.7 Å². The molecule has 13 heteroatoms. The zero-order valence-corrected chi connectivity index (χ0v) is 19.5. The third kappa shape index (κ3) is 4.04. The highest BCUT2D eigenvalue weighted by molar-refractivity contribution is 6.44. The zero-order chi connectivity index (χ0) is 26.5. The third-order valence-electron chi connectivity index (χ3n) is 6.78. The summed E-state index contributed by atoms with van der Waals surface area (Å²) in [5.74, 6) is -6.40. The Morgan fingerprint density at radius 3 is 2.65 bits per heavy atom. The number of rotatable bonds is 6. The number of alkyl halides is 2. The SMILES string of the molecule is Cc1c(C(=O)C(=O)NC2(c3cn[nH]n3)CC(F)(F)C2)c2n(c1C(=O)Nc1ccc(F)c(C#N)c1)CCC2. The van der Waals surface area contributed by atoms with Crippen molar-refractivity contribution in [3.63, 3.8) is 0 Å². The zero-order valence-electron chi connectivity index (χ0n) is 19.5. The number of hydrogen-bond acceptors (Lipinski definition) is 6. The number of carbonyl (C=O) groups excluding carboxylic acids is 3. The van der Waals surface area contributed by atoms with Gasteiger partial charge in [0.05, 0.1) is 22.9 Å². The van der Waals surface area contributed by atoms with E-state index in [1.807, 2.05) is 0 Å². The van der Waals surface area contributed by atoms with Crippen molar-refractivity contribution in [1.29, 1.82) is 5.26 Å². The second-order valence-electron chi connectivity index (χ2n) is 9.24. The summed E-state index contributed by atoms with van der Waals surface area (Å²) in [7, 11) is 0. The van der Waals surface area contributed by atoms with Crippen molar-refractivity contribution < 1.29 is 27.6 Å². The number of nitrogens with one attached hydrogen (secondary N) is 3. The lowest BCUT2D eigenvalue weighted by molar-refractivity contribution is -0.148. The number of fused-ring (bicyclic) bond motifs is 1. The third-order valence-corrected chi connectivity index (χ3v) is 6.78. The van der Waals surface area contributed by atoms with Gasteiger partial charge in [0.15, 0.2) is 0 Å². The molecular weight excluding hydrogens is 491 g/mol. The monoisotopic (exact) mass is 511 g/mol. The van der Waals surface area contributed by atoms with Crippen LogP contribution in [-0.2, 0) is 23.3 Å². The van der Waals surface area contributed by atoms with Crippen molar-refractivity contribution in [1.82, 2.24) is 25.3 Å². The van der Waals surface area contributed by atoms with Crippen LogP contribution in [0.2, 0.25) is 0 Å². The molecule has 1 saturated carbocycles. The standard InChI is InChI=1S/C24H20F3N7O3/c1-12-18(20(35)22(37)31-23(10-24(26,27)11-23)17-9-29-33-32-17)16-3-2-6-34(16)19(12)21(36)30-14-4-5-15(25)13(7-14)8-28/h4-5,7,9H,2-3,6,10-11H2,1H3,(H,30,36)(H,31,37)(H,29,32,33). The van der Waals surface area contributed by atoms with Crippen molar-refractivity contribution in [2.75, 3.05) is 5.32 Å². The summed E-state index contributed by atoms with van der Waals surface area (Å²) >= 11 is 0. The van der Waals surface area contributed by atoms with E-state index in [0.717, 1.165) is 6.07 Å². The highest BCUT2D eigenvalue weighted by atomic mass is 19.3. The van der Waals surface area contributed by atoms with Crippen LogP contribution < -0.4 is 10.6 Å². The van der Waals surface area contributed by atoms with E-state index in [-0.39, 0.29) is 33.8 Å². The van der Waals surface area contributed by atoms with Gasteiger partial charge in [-0.15, -0.1) is 0 Å². The Morgan fingerprint density at radius 1 is 1.24 bits per heavy atom. The minimum Gasteiger partial charge on any atom is -0.340 e. The number of nitrogens with zero attached hydrogens (tertiary/aromatic N) is 4. The number of Topliss-reactive ketones (excluding diaryl/α,β-unsaturated/α-hetero) is 1. The predicted octanol–water partition coefficient (Wildman–Crippen LogP) is 2.75. The Balaban J connectivity index is 1.43. The van der Waals surface area contributed by atoms with Gasteiger partial charge in [0.2, 0.25) is 0 Å². The van der Waals surface area contributed by atoms with Crippen molar-refractivity contribution in [2.24, 2.45) is 0 Å². The lowest BCUT2D eigenvalue weighted by Crippen LogP contribution is -2.61. The van der Waals surface area contributed by atoms with E-state index in [0.29, 0.717) is 25.1 Å². The average Bonchev–Trinajstić information content (AvgIpc) is 3.56. The van der Waals surface area contributed by atoms with Crippen LogP contribution in [0.25, 0.3) is 0 Å². The molecular formula is C24H20F3N7O3. The maximum absolute atomic E-state index is 13.8. The molecule has 10 nitrogen and oxygen atoms in total. The Labute approximate surface area is 207 Å². The molecule has 0 spiro atoms. The van der Waals surface area contributed by atoms with Gasteiger partial charge in [-0.25, -0.2) is 13.2 Å². The summed E-state index contributed by atoms with van der Waals surface area (Å²) < 4.78 is 42.9. The number of aromatic nitrogens is 4. The van der Waals surface area contributed by atoms with Gasteiger partial charge in [0, 0.05) is 30.8 Å². The molecule has 37 heavy (non-hydrogen) atoms. The first-order valence-corrected chi connectivity index (χ1v) is 11.4. The molecule has 5 rings (SSSR count). The summed E-state index contributed by atoms with van der Waals surface area (Å²) in [6, 6.07) is 5.24. The van der Waals surface area contributed by atoms with Gasteiger partial charge >= 0.3 is 0 Å². The van der Waals surface area contributed by atoms with Gasteiger partial charge < -0.3 is 15.2 Å². The first-order chi connectivity index (χ1) is 17.5. The average molecular weight is 511 g/mol. The lowest BCUT2D eigenvalue weighted by Gasteiger charge is -2.46. The molecule has 0 atom stereocenters. The first-order valence-electron chi connectivity index (χ1n) is 11.4. The quantitative estimate of drug-likeness (QED) is 0.343. The molecule has 2 amide bonds. The molecule has 0 radical (unpaired) electrons. The van der Waals surface area contributed by atoms with E-state index in [4.69, 9.17) is 5.26 Å². The number of H-pyrrole nitrogens is 1. The van der Waals surface area contributed by atoms with Crippen molar-refractivity contribution >= 4 is 23.3 Å². The fourth-order valence-electron chi connectivity index (χ4n) is 5.18. The van der Waals surface area contributed by atoms with Crippen LogP contribution in [0.5, 0.6) is 0 Å². The molecule has 1 aliphatic carbocycles. The number of amides is 2. The fraction of sp³-hybridized carbons (Fsp3) is 0.333. The Kier molecular flexibility index (Phi) is 5.62. The van der Waals surface area contributed by atoms with E-state index in [1.165, 1.54) is 25.3 Å². The molecule has 2 aliphatic rings. The number of ketones is 1. The van der Waals surface area contributed by atoms with Crippen LogP contribution in [0.4, 0.5) is 18.9 Å². The number of anilines is 1. The Morgan fingerprint density at radius 2 is 2.00 bits per heavy atom. The minimum absolute atomic E-state index is 0.0401. The molecule has 0 unspecified atom stereocenters. The minimum atomic E-state index is -3.03. The molecule has 190 valence electrons. The van der Waals surface area contributed by atoms with Crippen molar-refractivity contribution in [3.05, 3.63) is 64.0 Å². The van der Waals surface area contributed by atoms with E-state index in [9.17, 15) is 27.6 Å². The summed E-state index contributed by atoms with van der Waals surface area (Å²) in [6.45, 7) is 1.95. The Bertz CT molecular complexity index is 1480. The number of carbonyl (C=O) groups is 3. The van der Waals surface area contributed by atoms with Gasteiger partial charge in [0.25, 0.3) is 23.5 Å². The molecule has 3 N–H and O–H groups in total. The smallest absolute Gasteiger partial charge is 0.293 e. The van der Waals surface area contributed by atoms with Crippen LogP contribution in [0.3, 0.4) is 0 Å². The molecule has 1 aliphatic heterocycles. The first kappa shape index (κ1) is 24.2. The van der Waals surface area contributed by atoms with Crippen LogP contribution in [-0.4, -0.2) is 43.5 Å². The fourth-order valence-corrected chi connectivity index (χ4v) is 5.18. The topological polar surface area (TPSA) is 146 Å². The maximum atomic E-state index is 13.8. The highest BCUT2D eigenvalue weighted by Gasteiger charge is 2.60. The molecule has 0 bridgehead atoms. The number of halogens is 3. The molecule has 0 saturated heterocycles. The second-order valence-corrected chi connectivity index (χ2v) is 9.24. The summed E-state index contributed by atoms with van der Waals surface area (Å²) in [5.41, 5.74) is -0.576. The predicted molar refractivity (Wildman–Crippen MR) is 121 cm³/mol. The lowest BCUT2D eigenvalue weighted by atomic mass is 9.71. The van der Waals surface area contributed by atoms with E-state index < -0.39 is 47.7 Å². The number of hydrogen-bond donors (Lipinski definition) is 3. The van der Waals surface area contributed by atoms with Gasteiger partial charge in [0.1, 0.15) is 23.3 Å². The summed E-state index contributed by atoms with van der Waals surface area (Å²) in [4.78, 5) is 39.5. The van der Waals surface area contributed by atoms with Gasteiger partial charge in [-0.1, -0.05) is 0 Å². The number of benzene rings is 1. The summed E-state index contributed by atoms with van der Waals surface area (Å²) in [5, 5.41) is 23.8. The van der Waals surface area contributed by atoms with Crippen LogP contribution >= 0.6 is 0 Å². The van der Waals surface area contributed by atoms with Gasteiger partial charge in [-0.3, -0.25) is 14.4 Å². The molecule has 2 aromatic heterocycles. The normalized spacial score (nSPS) is 16.8. The molecule has 3 heterocycles. The molecule has 1 aromatic carbocycles. The molecule has 3 aromatic rings. The molecule has 1 fully saturated rings. The highest BCUT2D eigenvalue weighted by Crippen LogP contribution is 2.51. The maximum Gasteiger partial charge on any atom is 0.293 e. The Hall–Kier alpha value is -4.47.